The molecule has 12 atom stereocenters. The van der Waals surface area contributed by atoms with Gasteiger partial charge in [-0.1, -0.05) is 27.7 Å². The van der Waals surface area contributed by atoms with Gasteiger partial charge in [0.2, 0.25) is 0 Å². The molecule has 174 valence electrons. The van der Waals surface area contributed by atoms with E-state index < -0.39 is 5.79 Å². The van der Waals surface area contributed by atoms with Crippen molar-refractivity contribution in [3.05, 3.63) is 0 Å². The zero-order valence-corrected chi connectivity index (χ0v) is 19.9. The minimum absolute atomic E-state index is 0.131. The summed E-state index contributed by atoms with van der Waals surface area (Å²) in [6.07, 6.45) is 9.39. The molecule has 6 aliphatic rings. The van der Waals surface area contributed by atoms with Crippen LogP contribution in [0.15, 0.2) is 0 Å². The van der Waals surface area contributed by atoms with E-state index in [9.17, 15) is 9.90 Å². The van der Waals surface area contributed by atoms with Crippen LogP contribution in [0, 0.1) is 52.3 Å². The van der Waals surface area contributed by atoms with E-state index in [4.69, 9.17) is 9.47 Å². The Kier molecular flexibility index (Phi) is 4.62. The maximum Gasteiger partial charge on any atom is 0.171 e. The first kappa shape index (κ1) is 21.1. The number of aliphatic hydroxyl groups excluding tert-OH is 1. The topological polar surface area (TPSA) is 55.8 Å². The van der Waals surface area contributed by atoms with E-state index >= 15 is 0 Å². The fraction of sp³-hybridized carbons (Fsp3) is 0.963. The Morgan fingerprint density at radius 2 is 1.81 bits per heavy atom. The van der Waals surface area contributed by atoms with Crippen LogP contribution in [0.1, 0.15) is 85.5 Å². The molecule has 0 aromatic carbocycles. The summed E-state index contributed by atoms with van der Waals surface area (Å²) in [4.78, 5) is 14.0. The van der Waals surface area contributed by atoms with E-state index in [1.165, 1.54) is 12.8 Å². The third-order valence-electron chi connectivity index (χ3n) is 11.8. The van der Waals surface area contributed by atoms with Gasteiger partial charge in [-0.05, 0) is 80.0 Å². The van der Waals surface area contributed by atoms with Gasteiger partial charge in [0.05, 0.1) is 18.8 Å². The molecule has 4 aliphatic carbocycles. The lowest BCUT2D eigenvalue weighted by molar-refractivity contribution is -0.272. The van der Waals surface area contributed by atoms with E-state index in [1.807, 2.05) is 0 Å². The quantitative estimate of drug-likeness (QED) is 0.589. The summed E-state index contributed by atoms with van der Waals surface area (Å²) in [6.45, 7) is 10.1. The summed E-state index contributed by atoms with van der Waals surface area (Å²) in [6, 6.07) is 0. The Balaban J connectivity index is 1.30. The minimum Gasteiger partial charge on any atom is -0.393 e. The van der Waals surface area contributed by atoms with Crippen LogP contribution in [0.3, 0.4) is 0 Å². The second-order valence-electron chi connectivity index (χ2n) is 13.0. The molecule has 2 heterocycles. The highest BCUT2D eigenvalue weighted by molar-refractivity contribution is 5.87. The molecule has 1 spiro atoms. The van der Waals surface area contributed by atoms with Crippen LogP contribution in [-0.2, 0) is 14.3 Å². The molecule has 4 nitrogen and oxygen atoms in total. The summed E-state index contributed by atoms with van der Waals surface area (Å²) >= 11 is 0. The van der Waals surface area contributed by atoms with Crippen molar-refractivity contribution < 1.29 is 19.4 Å². The lowest BCUT2D eigenvalue weighted by Crippen LogP contribution is -2.58. The molecular formula is C27H42O4. The molecular weight excluding hydrogens is 388 g/mol. The number of carbonyl (C=O) groups excluding carboxylic acids is 1. The van der Waals surface area contributed by atoms with Gasteiger partial charge in [-0.2, -0.15) is 0 Å². The highest BCUT2D eigenvalue weighted by atomic mass is 16.7. The normalized spacial score (nSPS) is 60.9. The minimum atomic E-state index is -0.448. The fourth-order valence-electron chi connectivity index (χ4n) is 9.93. The number of fused-ring (bicyclic) bond motifs is 7. The average molecular weight is 431 g/mol. The van der Waals surface area contributed by atoms with Crippen LogP contribution >= 0.6 is 0 Å². The van der Waals surface area contributed by atoms with E-state index in [2.05, 4.69) is 27.7 Å². The molecule has 6 rings (SSSR count). The molecule has 2 aliphatic heterocycles. The van der Waals surface area contributed by atoms with Crippen molar-refractivity contribution in [2.75, 3.05) is 6.61 Å². The maximum atomic E-state index is 14.0. The molecule has 1 N–H and O–H groups in total. The number of hydrogen-bond donors (Lipinski definition) is 1. The van der Waals surface area contributed by atoms with Crippen LogP contribution in [0.2, 0.25) is 0 Å². The smallest absolute Gasteiger partial charge is 0.171 e. The van der Waals surface area contributed by atoms with Crippen LogP contribution < -0.4 is 0 Å². The summed E-state index contributed by atoms with van der Waals surface area (Å²) in [5.41, 5.74) is -0.0221. The molecule has 2 unspecified atom stereocenters. The second-order valence-corrected chi connectivity index (χ2v) is 13.0. The molecule has 4 heteroatoms. The first-order chi connectivity index (χ1) is 14.7. The molecule has 31 heavy (non-hydrogen) atoms. The van der Waals surface area contributed by atoms with E-state index in [-0.39, 0.29) is 29.0 Å². The lowest BCUT2D eigenvalue weighted by atomic mass is 9.44. The highest BCUT2D eigenvalue weighted by Gasteiger charge is 2.71. The van der Waals surface area contributed by atoms with Crippen LogP contribution in [-0.4, -0.2) is 35.5 Å². The number of carbonyl (C=O) groups is 1. The first-order valence-electron chi connectivity index (χ1n) is 13.2. The number of ether oxygens (including phenoxy) is 2. The number of Topliss-reactive ketones (excluding diaryl/α,β-unsaturated/α-hetero) is 1. The van der Waals surface area contributed by atoms with Crippen molar-refractivity contribution in [2.45, 2.75) is 103 Å². The van der Waals surface area contributed by atoms with Crippen molar-refractivity contribution in [1.82, 2.24) is 0 Å². The Morgan fingerprint density at radius 1 is 1.00 bits per heavy atom. The number of hydrogen-bond acceptors (Lipinski definition) is 4. The summed E-state index contributed by atoms with van der Waals surface area (Å²) in [7, 11) is 0. The third-order valence-corrected chi connectivity index (χ3v) is 11.8. The van der Waals surface area contributed by atoms with Crippen molar-refractivity contribution in [1.29, 1.82) is 0 Å². The van der Waals surface area contributed by atoms with E-state index in [0.717, 1.165) is 51.6 Å². The van der Waals surface area contributed by atoms with Crippen molar-refractivity contribution in [2.24, 2.45) is 52.3 Å². The van der Waals surface area contributed by atoms with Gasteiger partial charge >= 0.3 is 0 Å². The molecule has 0 aromatic rings. The molecule has 0 amide bonds. The van der Waals surface area contributed by atoms with Crippen molar-refractivity contribution in [3.63, 3.8) is 0 Å². The molecule has 6 fully saturated rings. The van der Waals surface area contributed by atoms with Gasteiger partial charge in [0, 0.05) is 30.1 Å². The zero-order valence-electron chi connectivity index (χ0n) is 19.9. The Morgan fingerprint density at radius 3 is 2.55 bits per heavy atom. The monoisotopic (exact) mass is 430 g/mol. The zero-order chi connectivity index (χ0) is 21.8. The van der Waals surface area contributed by atoms with Gasteiger partial charge < -0.3 is 14.6 Å². The van der Waals surface area contributed by atoms with Gasteiger partial charge in [-0.25, -0.2) is 0 Å². The summed E-state index contributed by atoms with van der Waals surface area (Å²) in [5.74, 6) is 3.45. The largest absolute Gasteiger partial charge is 0.393 e. The van der Waals surface area contributed by atoms with Crippen LogP contribution in [0.25, 0.3) is 0 Å². The van der Waals surface area contributed by atoms with Gasteiger partial charge in [0.1, 0.15) is 5.78 Å². The van der Waals surface area contributed by atoms with Crippen LogP contribution in [0.5, 0.6) is 0 Å². The summed E-state index contributed by atoms with van der Waals surface area (Å²) < 4.78 is 13.2. The molecule has 2 saturated heterocycles. The van der Waals surface area contributed by atoms with E-state index in [0.29, 0.717) is 41.3 Å². The van der Waals surface area contributed by atoms with Gasteiger partial charge in [-0.15, -0.1) is 0 Å². The summed E-state index contributed by atoms with van der Waals surface area (Å²) in [5, 5.41) is 10.3. The Bertz CT molecular complexity index is 756. The number of ketones is 1. The van der Waals surface area contributed by atoms with Gasteiger partial charge in [-0.3, -0.25) is 4.79 Å². The predicted octanol–water partition coefficient (Wildman–Crippen LogP) is 4.97. The predicted molar refractivity (Wildman–Crippen MR) is 118 cm³/mol. The molecule has 0 aromatic heterocycles. The Hall–Kier alpha value is -0.450. The standard InChI is InChI=1S/C27H42O4/c1-15-7-10-27(30-14-15)16(2)24-22(31-27)12-21-19-6-5-17-11-18(28)8-9-25(17,3)20(19)13-23(29)26(21,24)4/h15-22,24,28H,5-14H2,1-4H3/t15?,16-,17-,18-,19+,20-,21-,22-,24-,25-,26+,27?/m0/s1. The number of aliphatic hydroxyl groups is 1. The molecule has 0 bridgehead atoms. The average Bonchev–Trinajstić information content (AvgIpc) is 3.18. The van der Waals surface area contributed by atoms with Crippen LogP contribution in [0.4, 0.5) is 0 Å². The highest BCUT2D eigenvalue weighted by Crippen LogP contribution is 2.70. The van der Waals surface area contributed by atoms with Crippen molar-refractivity contribution in [3.8, 4) is 0 Å². The van der Waals surface area contributed by atoms with Gasteiger partial charge in [0.25, 0.3) is 0 Å². The number of rotatable bonds is 0. The lowest BCUT2D eigenvalue weighted by Gasteiger charge is -2.60. The van der Waals surface area contributed by atoms with Crippen molar-refractivity contribution >= 4 is 5.78 Å². The van der Waals surface area contributed by atoms with E-state index in [1.54, 1.807) is 0 Å². The third kappa shape index (κ3) is 2.68. The maximum absolute atomic E-state index is 14.0. The molecule has 0 radical (unpaired) electrons. The SMILES string of the molecule is CC1CCC2(OC1)O[C@H]1C[C@H]3[C@@H]4CC[C@H]5C[C@@H](O)CC[C@]5(C)[C@H]4CC(=O)[C@]3(C)[C@H]1[C@@H]2C. The fourth-order valence-corrected chi connectivity index (χ4v) is 9.93. The second kappa shape index (κ2) is 6.79. The Labute approximate surface area is 187 Å². The molecule has 4 saturated carbocycles. The first-order valence-corrected chi connectivity index (χ1v) is 13.2. The van der Waals surface area contributed by atoms with Gasteiger partial charge in [0.15, 0.2) is 5.79 Å².